The lowest BCUT2D eigenvalue weighted by atomic mass is 10.1. The summed E-state index contributed by atoms with van der Waals surface area (Å²) in [5, 5.41) is 3.30. The van der Waals surface area contributed by atoms with Gasteiger partial charge in [0.05, 0.1) is 0 Å². The molecule has 2 amide bonds. The van der Waals surface area contributed by atoms with Gasteiger partial charge < -0.3 is 15.1 Å². The third-order valence-corrected chi connectivity index (χ3v) is 3.72. The average molecular weight is 275 g/mol. The molecule has 108 valence electrons. The number of amides is 2. The van der Waals surface area contributed by atoms with Gasteiger partial charge in [0.1, 0.15) is 6.04 Å². The van der Waals surface area contributed by atoms with Gasteiger partial charge in [-0.2, -0.15) is 0 Å². The number of carbonyl (C=O) groups excluding carboxylic acids is 2. The lowest BCUT2D eigenvalue weighted by Gasteiger charge is -2.20. The smallest absolute Gasteiger partial charge is 0.244 e. The van der Waals surface area contributed by atoms with Gasteiger partial charge in [-0.05, 0) is 18.1 Å². The van der Waals surface area contributed by atoms with Crippen molar-refractivity contribution in [2.45, 2.75) is 25.9 Å². The molecule has 2 rings (SSSR count). The SMILES string of the molecule is CC(=O)N(C)Cc1ccccc1NC1CCN(C)C1=O. The van der Waals surface area contributed by atoms with Gasteiger partial charge in [0.25, 0.3) is 0 Å². The van der Waals surface area contributed by atoms with Crippen LogP contribution in [-0.4, -0.2) is 48.3 Å². The van der Waals surface area contributed by atoms with Gasteiger partial charge in [0.15, 0.2) is 0 Å². The highest BCUT2D eigenvalue weighted by Crippen LogP contribution is 2.21. The summed E-state index contributed by atoms with van der Waals surface area (Å²) >= 11 is 0. The molecule has 1 aromatic rings. The molecular formula is C15H21N3O2. The minimum Gasteiger partial charge on any atom is -0.373 e. The fraction of sp³-hybridized carbons (Fsp3) is 0.467. The predicted octanol–water partition coefficient (Wildman–Crippen LogP) is 1.31. The predicted molar refractivity (Wildman–Crippen MR) is 78.3 cm³/mol. The molecule has 1 aliphatic heterocycles. The van der Waals surface area contributed by atoms with Crippen LogP contribution in [0.3, 0.4) is 0 Å². The Morgan fingerprint density at radius 3 is 2.75 bits per heavy atom. The van der Waals surface area contributed by atoms with Crippen LogP contribution in [0.15, 0.2) is 24.3 Å². The highest BCUT2D eigenvalue weighted by molar-refractivity contribution is 5.86. The monoisotopic (exact) mass is 275 g/mol. The zero-order valence-electron chi connectivity index (χ0n) is 12.2. The number of anilines is 1. The van der Waals surface area contributed by atoms with Gasteiger partial charge in [-0.3, -0.25) is 9.59 Å². The number of nitrogens with zero attached hydrogens (tertiary/aromatic N) is 2. The van der Waals surface area contributed by atoms with Crippen molar-refractivity contribution in [3.8, 4) is 0 Å². The van der Waals surface area contributed by atoms with Gasteiger partial charge in [-0.25, -0.2) is 0 Å². The molecule has 0 spiro atoms. The summed E-state index contributed by atoms with van der Waals surface area (Å²) in [4.78, 5) is 26.7. The fourth-order valence-corrected chi connectivity index (χ4v) is 2.31. The van der Waals surface area contributed by atoms with Crippen molar-refractivity contribution in [3.05, 3.63) is 29.8 Å². The molecule has 0 saturated carbocycles. The van der Waals surface area contributed by atoms with E-state index in [0.29, 0.717) is 6.54 Å². The van der Waals surface area contributed by atoms with Crippen LogP contribution in [0, 0.1) is 0 Å². The maximum Gasteiger partial charge on any atom is 0.244 e. The summed E-state index contributed by atoms with van der Waals surface area (Å²) in [6.07, 6.45) is 0.812. The molecule has 20 heavy (non-hydrogen) atoms. The first-order chi connectivity index (χ1) is 9.49. The van der Waals surface area contributed by atoms with Crippen molar-refractivity contribution in [2.75, 3.05) is 26.0 Å². The summed E-state index contributed by atoms with van der Waals surface area (Å²) in [7, 11) is 3.59. The number of rotatable bonds is 4. The van der Waals surface area contributed by atoms with E-state index in [9.17, 15) is 9.59 Å². The van der Waals surface area contributed by atoms with E-state index >= 15 is 0 Å². The van der Waals surface area contributed by atoms with E-state index in [-0.39, 0.29) is 17.9 Å². The van der Waals surface area contributed by atoms with Crippen LogP contribution >= 0.6 is 0 Å². The summed E-state index contributed by atoms with van der Waals surface area (Å²) < 4.78 is 0. The standard InChI is InChI=1S/C15H21N3O2/c1-11(19)18(3)10-12-6-4-5-7-13(12)16-14-8-9-17(2)15(14)20/h4-7,14,16H,8-10H2,1-3H3. The zero-order chi connectivity index (χ0) is 14.7. The highest BCUT2D eigenvalue weighted by atomic mass is 16.2. The lowest BCUT2D eigenvalue weighted by molar-refractivity contribution is -0.128. The van der Waals surface area contributed by atoms with Crippen LogP contribution < -0.4 is 5.32 Å². The van der Waals surface area contributed by atoms with E-state index in [1.165, 1.54) is 0 Å². The van der Waals surface area contributed by atoms with Gasteiger partial charge in [-0.15, -0.1) is 0 Å². The van der Waals surface area contributed by atoms with Gasteiger partial charge in [0.2, 0.25) is 11.8 Å². The van der Waals surface area contributed by atoms with Crippen LogP contribution in [0.5, 0.6) is 0 Å². The molecule has 5 heteroatoms. The van der Waals surface area contributed by atoms with Crippen molar-refractivity contribution in [1.82, 2.24) is 9.80 Å². The first-order valence-electron chi connectivity index (χ1n) is 6.80. The number of likely N-dealkylation sites (tertiary alicyclic amines) is 1. The third kappa shape index (κ3) is 3.10. The molecule has 1 N–H and O–H groups in total. The van der Waals surface area contributed by atoms with Crippen LogP contribution in [0.25, 0.3) is 0 Å². The number of para-hydroxylation sites is 1. The minimum absolute atomic E-state index is 0.0245. The van der Waals surface area contributed by atoms with Crippen molar-refractivity contribution in [2.24, 2.45) is 0 Å². The highest BCUT2D eigenvalue weighted by Gasteiger charge is 2.29. The van der Waals surface area contributed by atoms with E-state index < -0.39 is 0 Å². The third-order valence-electron chi connectivity index (χ3n) is 3.72. The molecule has 1 heterocycles. The number of carbonyl (C=O) groups is 2. The molecule has 1 fully saturated rings. The van der Waals surface area contributed by atoms with Crippen molar-refractivity contribution >= 4 is 17.5 Å². The van der Waals surface area contributed by atoms with E-state index in [1.54, 1.807) is 23.8 Å². The molecule has 0 radical (unpaired) electrons. The fourth-order valence-electron chi connectivity index (χ4n) is 2.31. The number of hydrogen-bond acceptors (Lipinski definition) is 3. The number of benzene rings is 1. The molecule has 1 saturated heterocycles. The Labute approximate surface area is 119 Å². The minimum atomic E-state index is -0.163. The van der Waals surface area contributed by atoms with Crippen LogP contribution in [0.1, 0.15) is 18.9 Å². The van der Waals surface area contributed by atoms with Crippen LogP contribution in [-0.2, 0) is 16.1 Å². The summed E-state index contributed by atoms with van der Waals surface area (Å²) in [6, 6.07) is 7.64. The number of likely N-dealkylation sites (N-methyl/N-ethyl adjacent to an activating group) is 1. The zero-order valence-corrected chi connectivity index (χ0v) is 12.2. The molecule has 1 unspecified atom stereocenters. The van der Waals surface area contributed by atoms with E-state index in [4.69, 9.17) is 0 Å². The maximum absolute atomic E-state index is 12.0. The average Bonchev–Trinajstić information content (AvgIpc) is 2.73. The molecule has 0 bridgehead atoms. The Morgan fingerprint density at radius 1 is 1.45 bits per heavy atom. The molecule has 1 aromatic carbocycles. The van der Waals surface area contributed by atoms with Crippen LogP contribution in [0.4, 0.5) is 5.69 Å². The van der Waals surface area contributed by atoms with E-state index in [1.807, 2.05) is 31.3 Å². The second-order valence-corrected chi connectivity index (χ2v) is 5.28. The van der Waals surface area contributed by atoms with Gasteiger partial charge >= 0.3 is 0 Å². The quantitative estimate of drug-likeness (QED) is 0.901. The summed E-state index contributed by atoms with van der Waals surface area (Å²) in [5.74, 6) is 0.149. The Kier molecular flexibility index (Phi) is 4.27. The number of hydrogen-bond donors (Lipinski definition) is 1. The van der Waals surface area contributed by atoms with Gasteiger partial charge in [0, 0.05) is 39.8 Å². The molecular weight excluding hydrogens is 254 g/mol. The normalized spacial score (nSPS) is 18.2. The molecule has 0 aliphatic carbocycles. The maximum atomic E-state index is 12.0. The van der Waals surface area contributed by atoms with Crippen molar-refractivity contribution < 1.29 is 9.59 Å². The first-order valence-corrected chi connectivity index (χ1v) is 6.80. The number of nitrogens with one attached hydrogen (secondary N) is 1. The first kappa shape index (κ1) is 14.4. The van der Waals surface area contributed by atoms with Crippen molar-refractivity contribution in [3.63, 3.8) is 0 Å². The van der Waals surface area contributed by atoms with Crippen molar-refractivity contribution in [1.29, 1.82) is 0 Å². The van der Waals surface area contributed by atoms with E-state index in [0.717, 1.165) is 24.2 Å². The summed E-state index contributed by atoms with van der Waals surface area (Å²) in [6.45, 7) is 2.87. The summed E-state index contributed by atoms with van der Waals surface area (Å²) in [5.41, 5.74) is 1.95. The van der Waals surface area contributed by atoms with E-state index in [2.05, 4.69) is 5.32 Å². The molecule has 1 atom stereocenters. The second-order valence-electron chi connectivity index (χ2n) is 5.28. The molecule has 1 aliphatic rings. The Bertz CT molecular complexity index is 516. The largest absolute Gasteiger partial charge is 0.373 e. The lowest BCUT2D eigenvalue weighted by Crippen LogP contribution is -2.31. The topological polar surface area (TPSA) is 52.7 Å². The van der Waals surface area contributed by atoms with Gasteiger partial charge in [-0.1, -0.05) is 18.2 Å². The Morgan fingerprint density at radius 2 is 2.15 bits per heavy atom. The second kappa shape index (κ2) is 5.94. The molecule has 5 nitrogen and oxygen atoms in total. The Hall–Kier alpha value is -2.04. The Balaban J connectivity index is 2.12. The van der Waals surface area contributed by atoms with Crippen LogP contribution in [0.2, 0.25) is 0 Å². The molecule has 0 aromatic heterocycles.